The predicted molar refractivity (Wildman–Crippen MR) is 99.3 cm³/mol. The average Bonchev–Trinajstić information content (AvgIpc) is 2.91. The topological polar surface area (TPSA) is 75.5 Å². The van der Waals surface area contributed by atoms with Gasteiger partial charge in [0.05, 0.1) is 12.0 Å². The number of thiophene rings is 1. The number of aryl methyl sites for hydroxylation is 1. The van der Waals surface area contributed by atoms with Crippen LogP contribution in [-0.2, 0) is 4.74 Å². The van der Waals surface area contributed by atoms with Crippen LogP contribution in [0.15, 0.2) is 24.3 Å². The number of phenols is 1. The van der Waals surface area contributed by atoms with Crippen LogP contribution < -0.4 is 4.90 Å². The number of aromatic hydroxyl groups is 1. The monoisotopic (exact) mass is 377 g/mol. The Hall–Kier alpha value is -2.38. The van der Waals surface area contributed by atoms with E-state index in [1.807, 2.05) is 18.9 Å². The van der Waals surface area contributed by atoms with Gasteiger partial charge >= 0.3 is 5.97 Å². The molecule has 3 rings (SSSR count). The van der Waals surface area contributed by atoms with Crippen molar-refractivity contribution in [3.8, 4) is 5.75 Å². The predicted octanol–water partition coefficient (Wildman–Crippen LogP) is 4.30. The van der Waals surface area contributed by atoms with E-state index in [0.717, 1.165) is 16.6 Å². The van der Waals surface area contributed by atoms with Gasteiger partial charge in [0.1, 0.15) is 21.3 Å². The van der Waals surface area contributed by atoms with E-state index in [2.05, 4.69) is 9.97 Å². The van der Waals surface area contributed by atoms with Crippen LogP contribution in [0.2, 0.25) is 5.28 Å². The van der Waals surface area contributed by atoms with E-state index in [9.17, 15) is 9.90 Å². The van der Waals surface area contributed by atoms with Gasteiger partial charge in [-0.25, -0.2) is 9.78 Å². The molecule has 0 saturated heterocycles. The molecule has 1 N–H and O–H groups in total. The molecule has 2 heterocycles. The molecular formula is C17H16ClN3O3S. The molecule has 0 unspecified atom stereocenters. The second kappa shape index (κ2) is 6.85. The van der Waals surface area contributed by atoms with Gasteiger partial charge in [-0.05, 0) is 55.3 Å². The summed E-state index contributed by atoms with van der Waals surface area (Å²) in [6.07, 6.45) is 0. The fraction of sp³-hybridized carbons (Fsp3) is 0.235. The number of anilines is 2. The van der Waals surface area contributed by atoms with Crippen molar-refractivity contribution in [2.24, 2.45) is 0 Å². The number of halogens is 1. The summed E-state index contributed by atoms with van der Waals surface area (Å²) in [7, 11) is 1.84. The largest absolute Gasteiger partial charge is 0.508 e. The molecule has 0 radical (unpaired) electrons. The minimum atomic E-state index is -0.377. The number of hydrogen-bond donors (Lipinski definition) is 1. The summed E-state index contributed by atoms with van der Waals surface area (Å²) in [5, 5.41) is 10.3. The number of carbonyl (C=O) groups excluding carboxylic acids is 1. The molecule has 0 aliphatic rings. The number of esters is 1. The van der Waals surface area contributed by atoms with Crippen LogP contribution in [0, 0.1) is 6.92 Å². The molecule has 0 aliphatic heterocycles. The maximum atomic E-state index is 12.2. The van der Waals surface area contributed by atoms with E-state index in [1.54, 1.807) is 31.2 Å². The number of aromatic nitrogens is 2. The summed E-state index contributed by atoms with van der Waals surface area (Å²) < 4.78 is 5.12. The second-order valence-electron chi connectivity index (χ2n) is 5.35. The molecule has 0 spiro atoms. The molecule has 0 aliphatic carbocycles. The minimum absolute atomic E-state index is 0.102. The first-order chi connectivity index (χ1) is 11.9. The number of nitrogens with zero attached hydrogens (tertiary/aromatic N) is 3. The first-order valence-corrected chi connectivity index (χ1v) is 8.78. The van der Waals surface area contributed by atoms with Gasteiger partial charge in [-0.3, -0.25) is 0 Å². The Kier molecular flexibility index (Phi) is 4.78. The van der Waals surface area contributed by atoms with Gasteiger partial charge in [-0.1, -0.05) is 0 Å². The molecule has 0 amide bonds. The molecule has 25 heavy (non-hydrogen) atoms. The van der Waals surface area contributed by atoms with Crippen LogP contribution in [0.5, 0.6) is 5.75 Å². The van der Waals surface area contributed by atoms with Gasteiger partial charge in [0.2, 0.25) is 5.28 Å². The zero-order valence-corrected chi connectivity index (χ0v) is 15.5. The van der Waals surface area contributed by atoms with Gasteiger partial charge in [0.15, 0.2) is 0 Å². The smallest absolute Gasteiger partial charge is 0.348 e. The lowest BCUT2D eigenvalue weighted by Gasteiger charge is -2.19. The molecular weight excluding hydrogens is 362 g/mol. The summed E-state index contributed by atoms with van der Waals surface area (Å²) in [4.78, 5) is 23.7. The number of hydrogen-bond acceptors (Lipinski definition) is 7. The number of phenolic OH excluding ortho intramolecular Hbond substituents is 1. The molecule has 0 bridgehead atoms. The van der Waals surface area contributed by atoms with Gasteiger partial charge in [0.25, 0.3) is 0 Å². The van der Waals surface area contributed by atoms with Gasteiger partial charge in [-0.15, -0.1) is 11.3 Å². The molecule has 8 heteroatoms. The first-order valence-electron chi connectivity index (χ1n) is 7.59. The lowest BCUT2D eigenvalue weighted by molar-refractivity contribution is 0.0531. The van der Waals surface area contributed by atoms with Gasteiger partial charge < -0.3 is 14.7 Å². The molecule has 0 atom stereocenters. The highest BCUT2D eigenvalue weighted by Gasteiger charge is 2.23. The van der Waals surface area contributed by atoms with Crippen LogP contribution in [0.3, 0.4) is 0 Å². The number of rotatable bonds is 4. The van der Waals surface area contributed by atoms with E-state index in [-0.39, 0.29) is 17.0 Å². The minimum Gasteiger partial charge on any atom is -0.508 e. The van der Waals surface area contributed by atoms with Crippen molar-refractivity contribution in [1.29, 1.82) is 0 Å². The van der Waals surface area contributed by atoms with Crippen molar-refractivity contribution in [2.75, 3.05) is 18.6 Å². The Bertz CT molecular complexity index is 940. The van der Waals surface area contributed by atoms with E-state index >= 15 is 0 Å². The maximum absolute atomic E-state index is 12.2. The second-order valence-corrected chi connectivity index (χ2v) is 6.69. The first kappa shape index (κ1) is 17.4. The zero-order chi connectivity index (χ0) is 18.1. The number of benzene rings is 1. The lowest BCUT2D eigenvalue weighted by atomic mass is 10.2. The third kappa shape index (κ3) is 3.25. The molecule has 2 aromatic heterocycles. The van der Waals surface area contributed by atoms with Crippen molar-refractivity contribution < 1.29 is 14.6 Å². The van der Waals surface area contributed by atoms with Crippen LogP contribution in [0.25, 0.3) is 10.2 Å². The molecule has 1 aromatic carbocycles. The standard InChI is InChI=1S/C17H16ClN3O3S/c1-4-24-16(23)13-9(2)12-14(19-17(18)20-15(12)25-13)21(3)10-5-7-11(22)8-6-10/h5-8,22H,4H2,1-3H3. The molecule has 130 valence electrons. The van der Waals surface area contributed by atoms with Crippen LogP contribution in [0.4, 0.5) is 11.5 Å². The quantitative estimate of drug-likeness (QED) is 0.539. The Morgan fingerprint density at radius 2 is 2.00 bits per heavy atom. The van der Waals surface area contributed by atoms with Crippen molar-refractivity contribution in [3.63, 3.8) is 0 Å². The Labute approximate surface area is 153 Å². The third-order valence-electron chi connectivity index (χ3n) is 3.76. The summed E-state index contributed by atoms with van der Waals surface area (Å²) in [6, 6.07) is 6.73. The molecule has 0 saturated carbocycles. The Morgan fingerprint density at radius 3 is 2.64 bits per heavy atom. The van der Waals surface area contributed by atoms with Crippen LogP contribution in [-0.4, -0.2) is 34.7 Å². The van der Waals surface area contributed by atoms with E-state index in [1.165, 1.54) is 11.3 Å². The number of ether oxygens (including phenoxy) is 1. The maximum Gasteiger partial charge on any atom is 0.348 e. The summed E-state index contributed by atoms with van der Waals surface area (Å²) in [5.74, 6) is 0.390. The van der Waals surface area contributed by atoms with E-state index in [4.69, 9.17) is 16.3 Å². The van der Waals surface area contributed by atoms with E-state index < -0.39 is 0 Å². The highest BCUT2D eigenvalue weighted by Crippen LogP contribution is 2.38. The summed E-state index contributed by atoms with van der Waals surface area (Å²) in [5.41, 5.74) is 1.58. The lowest BCUT2D eigenvalue weighted by Crippen LogP contribution is -2.12. The molecule has 0 fully saturated rings. The fourth-order valence-electron chi connectivity index (χ4n) is 2.52. The Balaban J connectivity index is 2.17. The van der Waals surface area contributed by atoms with Crippen molar-refractivity contribution in [3.05, 3.63) is 40.0 Å². The number of carbonyl (C=O) groups is 1. The van der Waals surface area contributed by atoms with Crippen molar-refractivity contribution in [1.82, 2.24) is 9.97 Å². The highest BCUT2D eigenvalue weighted by molar-refractivity contribution is 7.20. The molecule has 3 aromatic rings. The SMILES string of the molecule is CCOC(=O)c1sc2nc(Cl)nc(N(C)c3ccc(O)cc3)c2c1C. The van der Waals surface area contributed by atoms with E-state index in [0.29, 0.717) is 22.1 Å². The third-order valence-corrected chi connectivity index (χ3v) is 5.09. The van der Waals surface area contributed by atoms with Crippen LogP contribution in [0.1, 0.15) is 22.2 Å². The zero-order valence-electron chi connectivity index (χ0n) is 13.9. The fourth-order valence-corrected chi connectivity index (χ4v) is 3.81. The number of fused-ring (bicyclic) bond motifs is 1. The Morgan fingerprint density at radius 1 is 1.32 bits per heavy atom. The van der Waals surface area contributed by atoms with Gasteiger partial charge in [0, 0.05) is 12.7 Å². The normalized spacial score (nSPS) is 10.9. The van der Waals surface area contributed by atoms with Crippen molar-refractivity contribution >= 4 is 50.6 Å². The highest BCUT2D eigenvalue weighted by atomic mass is 35.5. The summed E-state index contributed by atoms with van der Waals surface area (Å²) >= 11 is 7.32. The van der Waals surface area contributed by atoms with Gasteiger partial charge in [-0.2, -0.15) is 4.98 Å². The van der Waals surface area contributed by atoms with Crippen molar-refractivity contribution in [2.45, 2.75) is 13.8 Å². The summed E-state index contributed by atoms with van der Waals surface area (Å²) in [6.45, 7) is 3.91. The molecule has 6 nitrogen and oxygen atoms in total. The van der Waals surface area contributed by atoms with Crippen LogP contribution >= 0.6 is 22.9 Å². The average molecular weight is 378 g/mol.